The molecule has 3 heterocycles. The van der Waals surface area contributed by atoms with Gasteiger partial charge in [-0.15, -0.1) is 0 Å². The molecule has 0 aliphatic carbocycles. The molecule has 8 heteroatoms. The van der Waals surface area contributed by atoms with Crippen molar-refractivity contribution < 1.29 is 18.4 Å². The third-order valence-corrected chi connectivity index (χ3v) is 6.01. The van der Waals surface area contributed by atoms with Crippen LogP contribution in [0.2, 0.25) is 0 Å². The zero-order valence-corrected chi connectivity index (χ0v) is 20.3. The second kappa shape index (κ2) is 9.67. The van der Waals surface area contributed by atoms with Crippen LogP contribution in [0.5, 0.6) is 0 Å². The van der Waals surface area contributed by atoms with Crippen LogP contribution >= 0.6 is 0 Å². The number of aromatic nitrogens is 2. The molecule has 0 N–H and O–H groups in total. The van der Waals surface area contributed by atoms with Crippen LogP contribution in [-0.2, 0) is 4.74 Å². The first-order chi connectivity index (χ1) is 18.6. The predicted octanol–water partition coefficient (Wildman–Crippen LogP) is 6.13. The molecule has 0 atom stereocenters. The van der Waals surface area contributed by atoms with Gasteiger partial charge in [0.15, 0.2) is 5.76 Å². The average Bonchev–Trinajstić information content (AvgIpc) is 3.60. The number of nitrogens with zero attached hydrogens (tertiary/aromatic N) is 3. The highest BCUT2D eigenvalue weighted by molar-refractivity contribution is 5.90. The molecule has 0 unspecified atom stereocenters. The quantitative estimate of drug-likeness (QED) is 0.200. The molecule has 38 heavy (non-hydrogen) atoms. The minimum absolute atomic E-state index is 0.280. The molecule has 6 aromatic rings. The number of furan rings is 2. The molecule has 0 amide bonds. The van der Waals surface area contributed by atoms with Crippen molar-refractivity contribution in [2.45, 2.75) is 6.92 Å². The highest BCUT2D eigenvalue weighted by Crippen LogP contribution is 2.27. The van der Waals surface area contributed by atoms with E-state index in [2.05, 4.69) is 10.1 Å². The minimum Gasteiger partial charge on any atom is -0.462 e. The van der Waals surface area contributed by atoms with Gasteiger partial charge in [-0.1, -0.05) is 42.5 Å². The van der Waals surface area contributed by atoms with Crippen LogP contribution in [0.15, 0.2) is 110 Å². The lowest BCUT2D eigenvalue weighted by Crippen LogP contribution is -2.20. The summed E-state index contributed by atoms with van der Waals surface area (Å²) >= 11 is 0. The number of rotatable bonds is 6. The summed E-state index contributed by atoms with van der Waals surface area (Å²) in [6.45, 7) is 2.08. The minimum atomic E-state index is -0.374. The van der Waals surface area contributed by atoms with Crippen LogP contribution < -0.4 is 5.56 Å². The van der Waals surface area contributed by atoms with Gasteiger partial charge in [0.05, 0.1) is 29.3 Å². The summed E-state index contributed by atoms with van der Waals surface area (Å²) in [6, 6.07) is 27.0. The Labute approximate surface area is 216 Å². The van der Waals surface area contributed by atoms with Crippen molar-refractivity contribution in [3.63, 3.8) is 0 Å². The molecule has 0 fully saturated rings. The second-order valence-corrected chi connectivity index (χ2v) is 8.46. The van der Waals surface area contributed by atoms with E-state index in [0.717, 1.165) is 10.9 Å². The van der Waals surface area contributed by atoms with Crippen molar-refractivity contribution >= 4 is 34.1 Å². The van der Waals surface area contributed by atoms with E-state index in [-0.39, 0.29) is 17.4 Å². The number of carbonyl (C=O) groups is 1. The number of benzene rings is 3. The van der Waals surface area contributed by atoms with Crippen molar-refractivity contribution in [3.05, 3.63) is 113 Å². The fourth-order valence-electron chi connectivity index (χ4n) is 4.16. The van der Waals surface area contributed by atoms with Gasteiger partial charge in [0.25, 0.3) is 5.56 Å². The molecule has 186 valence electrons. The van der Waals surface area contributed by atoms with Gasteiger partial charge in [0, 0.05) is 10.9 Å². The molecule has 0 aliphatic heterocycles. The highest BCUT2D eigenvalue weighted by atomic mass is 16.5. The molecular formula is C30H21N3O5. The van der Waals surface area contributed by atoms with Crippen LogP contribution in [0.1, 0.15) is 23.0 Å². The van der Waals surface area contributed by atoms with Gasteiger partial charge in [-0.05, 0) is 55.5 Å². The van der Waals surface area contributed by atoms with Crippen molar-refractivity contribution in [1.29, 1.82) is 0 Å². The van der Waals surface area contributed by atoms with Gasteiger partial charge in [0.2, 0.25) is 5.82 Å². The number of carbonyl (C=O) groups excluding carboxylic acids is 1. The van der Waals surface area contributed by atoms with Gasteiger partial charge in [-0.2, -0.15) is 9.78 Å². The van der Waals surface area contributed by atoms with E-state index in [9.17, 15) is 9.59 Å². The third kappa shape index (κ3) is 4.28. The first-order valence-electron chi connectivity index (χ1n) is 12.0. The first-order valence-corrected chi connectivity index (χ1v) is 12.0. The standard InChI is InChI=1S/C30H21N3O5/c1-2-36-30(35)20-13-11-19(12-14-20)26-16-15-22(37-26)18-31-33-28(27-17-21-7-3-6-10-25(21)38-27)32-24-9-5-4-8-23(24)29(33)34/h3-18H,2H2,1H3. The molecule has 0 radical (unpaired) electrons. The van der Waals surface area contributed by atoms with Crippen molar-refractivity contribution in [2.24, 2.45) is 5.10 Å². The lowest BCUT2D eigenvalue weighted by atomic mass is 10.1. The summed E-state index contributed by atoms with van der Waals surface area (Å²) in [5.74, 6) is 1.35. The zero-order valence-electron chi connectivity index (χ0n) is 20.3. The number of ether oxygens (including phenoxy) is 1. The SMILES string of the molecule is CCOC(=O)c1ccc(-c2ccc(C=Nn3c(-c4cc5ccccc5o4)nc4ccccc4c3=O)o2)cc1. The van der Waals surface area contributed by atoms with Gasteiger partial charge in [-0.25, -0.2) is 9.78 Å². The number of fused-ring (bicyclic) bond motifs is 2. The topological polar surface area (TPSA) is 99.8 Å². The Kier molecular flexibility index (Phi) is 5.89. The van der Waals surface area contributed by atoms with Gasteiger partial charge < -0.3 is 13.6 Å². The Bertz CT molecular complexity index is 1840. The Morgan fingerprint density at radius 3 is 2.55 bits per heavy atom. The average molecular weight is 504 g/mol. The second-order valence-electron chi connectivity index (χ2n) is 8.46. The number of hydrogen-bond donors (Lipinski definition) is 0. The summed E-state index contributed by atoms with van der Waals surface area (Å²) < 4.78 is 18.2. The smallest absolute Gasteiger partial charge is 0.338 e. The third-order valence-electron chi connectivity index (χ3n) is 6.01. The molecule has 8 nitrogen and oxygen atoms in total. The molecule has 0 saturated carbocycles. The van der Waals surface area contributed by atoms with Crippen molar-refractivity contribution in [1.82, 2.24) is 9.66 Å². The monoisotopic (exact) mass is 503 g/mol. The summed E-state index contributed by atoms with van der Waals surface area (Å²) in [6.07, 6.45) is 1.46. The maximum Gasteiger partial charge on any atom is 0.338 e. The van der Waals surface area contributed by atoms with Crippen LogP contribution in [0.25, 0.3) is 44.8 Å². The number of para-hydroxylation sites is 2. The molecule has 6 rings (SSSR count). The van der Waals surface area contributed by atoms with Gasteiger partial charge in [-0.3, -0.25) is 4.79 Å². The van der Waals surface area contributed by atoms with Crippen LogP contribution in [-0.4, -0.2) is 28.5 Å². The largest absolute Gasteiger partial charge is 0.462 e. The number of esters is 1. The first kappa shape index (κ1) is 23.2. The van der Waals surface area contributed by atoms with E-state index >= 15 is 0 Å². The van der Waals surface area contributed by atoms with E-state index in [1.54, 1.807) is 61.5 Å². The molecule has 0 spiro atoms. The zero-order chi connectivity index (χ0) is 26.1. The summed E-state index contributed by atoms with van der Waals surface area (Å²) in [7, 11) is 0. The fourth-order valence-corrected chi connectivity index (χ4v) is 4.16. The van der Waals surface area contributed by atoms with E-state index in [1.807, 2.05) is 36.4 Å². The summed E-state index contributed by atoms with van der Waals surface area (Å²) in [5.41, 5.74) is 2.15. The van der Waals surface area contributed by atoms with Gasteiger partial charge >= 0.3 is 5.97 Å². The van der Waals surface area contributed by atoms with E-state index in [0.29, 0.717) is 45.9 Å². The summed E-state index contributed by atoms with van der Waals surface area (Å²) in [5, 5.41) is 5.77. The van der Waals surface area contributed by atoms with Crippen molar-refractivity contribution in [2.75, 3.05) is 6.61 Å². The van der Waals surface area contributed by atoms with Crippen LogP contribution in [0, 0.1) is 0 Å². The maximum atomic E-state index is 13.4. The Morgan fingerprint density at radius 1 is 0.947 bits per heavy atom. The Morgan fingerprint density at radius 2 is 1.74 bits per heavy atom. The van der Waals surface area contributed by atoms with E-state index in [1.165, 1.54) is 10.9 Å². The maximum absolute atomic E-state index is 13.4. The Hall–Kier alpha value is -5.24. The molecule has 0 saturated heterocycles. The lowest BCUT2D eigenvalue weighted by molar-refractivity contribution is 0.0526. The number of hydrogen-bond acceptors (Lipinski definition) is 7. The molecule has 3 aromatic heterocycles. The predicted molar refractivity (Wildman–Crippen MR) is 144 cm³/mol. The van der Waals surface area contributed by atoms with Gasteiger partial charge in [0.1, 0.15) is 17.1 Å². The molecule has 0 aliphatic rings. The normalized spacial score (nSPS) is 11.5. The molecular weight excluding hydrogens is 482 g/mol. The summed E-state index contributed by atoms with van der Waals surface area (Å²) in [4.78, 5) is 30.0. The van der Waals surface area contributed by atoms with Crippen LogP contribution in [0.4, 0.5) is 0 Å². The highest BCUT2D eigenvalue weighted by Gasteiger charge is 2.16. The Balaban J connectivity index is 1.37. The van der Waals surface area contributed by atoms with Crippen LogP contribution in [0.3, 0.4) is 0 Å². The fraction of sp³-hybridized carbons (Fsp3) is 0.0667. The molecule has 3 aromatic carbocycles. The van der Waals surface area contributed by atoms with E-state index < -0.39 is 0 Å². The van der Waals surface area contributed by atoms with E-state index in [4.69, 9.17) is 13.6 Å². The lowest BCUT2D eigenvalue weighted by Gasteiger charge is -2.06. The molecule has 0 bridgehead atoms. The van der Waals surface area contributed by atoms with Crippen molar-refractivity contribution in [3.8, 4) is 22.9 Å².